The number of benzene rings is 1. The first kappa shape index (κ1) is 21.3. The molecule has 2 amide bonds. The number of nitrogens with zero attached hydrogens (tertiary/aromatic N) is 2. The highest BCUT2D eigenvalue weighted by molar-refractivity contribution is 7.89. The quantitative estimate of drug-likeness (QED) is 0.685. The Kier molecular flexibility index (Phi) is 6.53. The molecule has 0 unspecified atom stereocenters. The molecule has 0 saturated carbocycles. The molecule has 2 aliphatic heterocycles. The van der Waals surface area contributed by atoms with Crippen LogP contribution in [0.15, 0.2) is 29.2 Å². The standard InChI is InChI=1S/C19H25N3O6S/c1-28-17(23)13-16-18(24)20-9-12-22(16)19(25)14-5-7-15(8-6-14)29(26,27)21-10-3-2-4-11-21/h5-8,16H,2-4,9-13H2,1H3,(H,20,24)/t16-/m0/s1. The number of hydrogen-bond acceptors (Lipinski definition) is 6. The Morgan fingerprint density at radius 1 is 1.10 bits per heavy atom. The first-order valence-corrected chi connectivity index (χ1v) is 11.0. The molecule has 1 atom stereocenters. The number of carbonyl (C=O) groups is 3. The van der Waals surface area contributed by atoms with Crippen LogP contribution in [-0.4, -0.2) is 74.7 Å². The summed E-state index contributed by atoms with van der Waals surface area (Å²) < 4.78 is 31.6. The summed E-state index contributed by atoms with van der Waals surface area (Å²) in [6.07, 6.45) is 2.47. The Labute approximate surface area is 170 Å². The van der Waals surface area contributed by atoms with E-state index in [4.69, 9.17) is 0 Å². The van der Waals surface area contributed by atoms with Crippen molar-refractivity contribution < 1.29 is 27.5 Å². The van der Waals surface area contributed by atoms with Crippen LogP contribution in [0.3, 0.4) is 0 Å². The predicted molar refractivity (Wildman–Crippen MR) is 104 cm³/mol. The van der Waals surface area contributed by atoms with Crippen LogP contribution in [0, 0.1) is 0 Å². The minimum atomic E-state index is -3.59. The minimum absolute atomic E-state index is 0.137. The molecule has 158 valence electrons. The number of methoxy groups -OCH3 is 1. The van der Waals surface area contributed by atoms with Crippen LogP contribution in [0.1, 0.15) is 36.0 Å². The average molecular weight is 423 g/mol. The van der Waals surface area contributed by atoms with Gasteiger partial charge in [0.2, 0.25) is 15.9 Å². The van der Waals surface area contributed by atoms with Gasteiger partial charge in [-0.05, 0) is 37.1 Å². The third-order valence-electron chi connectivity index (χ3n) is 5.23. The Balaban J connectivity index is 1.78. The van der Waals surface area contributed by atoms with E-state index in [9.17, 15) is 22.8 Å². The second-order valence-electron chi connectivity index (χ2n) is 7.07. The fraction of sp³-hybridized carbons (Fsp3) is 0.526. The van der Waals surface area contributed by atoms with E-state index in [2.05, 4.69) is 10.1 Å². The summed E-state index contributed by atoms with van der Waals surface area (Å²) >= 11 is 0. The number of sulfonamides is 1. The van der Waals surface area contributed by atoms with Crippen LogP contribution in [0.4, 0.5) is 0 Å². The lowest BCUT2D eigenvalue weighted by Gasteiger charge is -2.34. The van der Waals surface area contributed by atoms with E-state index in [1.807, 2.05) is 0 Å². The number of esters is 1. The summed E-state index contributed by atoms with van der Waals surface area (Å²) in [6, 6.07) is 4.76. The molecule has 2 fully saturated rings. The van der Waals surface area contributed by atoms with Crippen molar-refractivity contribution in [2.45, 2.75) is 36.6 Å². The van der Waals surface area contributed by atoms with Gasteiger partial charge in [-0.25, -0.2) is 8.42 Å². The van der Waals surface area contributed by atoms with Gasteiger partial charge in [0, 0.05) is 31.7 Å². The van der Waals surface area contributed by atoms with Crippen LogP contribution in [0.2, 0.25) is 0 Å². The third-order valence-corrected chi connectivity index (χ3v) is 7.15. The lowest BCUT2D eigenvalue weighted by Crippen LogP contribution is -2.57. The zero-order valence-corrected chi connectivity index (χ0v) is 17.1. The van der Waals surface area contributed by atoms with E-state index < -0.39 is 33.8 Å². The number of piperidine rings is 1. The van der Waals surface area contributed by atoms with Gasteiger partial charge in [-0.3, -0.25) is 14.4 Å². The van der Waals surface area contributed by atoms with Crippen molar-refractivity contribution in [3.63, 3.8) is 0 Å². The van der Waals surface area contributed by atoms with E-state index in [-0.39, 0.29) is 30.0 Å². The van der Waals surface area contributed by atoms with Gasteiger partial charge >= 0.3 is 5.97 Å². The molecule has 2 heterocycles. The molecular formula is C19H25N3O6S. The van der Waals surface area contributed by atoms with Crippen LogP contribution in [-0.2, 0) is 24.3 Å². The molecule has 2 saturated heterocycles. The molecule has 10 heteroatoms. The number of ether oxygens (including phenoxy) is 1. The zero-order chi connectivity index (χ0) is 21.0. The minimum Gasteiger partial charge on any atom is -0.469 e. The highest BCUT2D eigenvalue weighted by atomic mass is 32.2. The first-order chi connectivity index (χ1) is 13.8. The van der Waals surface area contributed by atoms with E-state index in [0.717, 1.165) is 19.3 Å². The van der Waals surface area contributed by atoms with Gasteiger partial charge in [-0.1, -0.05) is 6.42 Å². The topological polar surface area (TPSA) is 113 Å². The van der Waals surface area contributed by atoms with Gasteiger partial charge in [0.05, 0.1) is 18.4 Å². The number of piperazine rings is 1. The normalized spacial score (nSPS) is 20.8. The molecule has 2 aliphatic rings. The summed E-state index contributed by atoms with van der Waals surface area (Å²) in [5.74, 6) is -1.44. The molecule has 1 aromatic rings. The molecule has 0 spiro atoms. The van der Waals surface area contributed by atoms with E-state index in [0.29, 0.717) is 13.1 Å². The van der Waals surface area contributed by atoms with Gasteiger partial charge in [0.15, 0.2) is 0 Å². The Bertz CT molecular complexity index is 878. The van der Waals surface area contributed by atoms with Crippen LogP contribution >= 0.6 is 0 Å². The van der Waals surface area contributed by atoms with Crippen LogP contribution in [0.25, 0.3) is 0 Å². The second kappa shape index (κ2) is 8.91. The monoisotopic (exact) mass is 423 g/mol. The van der Waals surface area contributed by atoms with E-state index >= 15 is 0 Å². The lowest BCUT2D eigenvalue weighted by molar-refractivity contribution is -0.145. The lowest BCUT2D eigenvalue weighted by atomic mass is 10.1. The Morgan fingerprint density at radius 3 is 2.38 bits per heavy atom. The smallest absolute Gasteiger partial charge is 0.308 e. The van der Waals surface area contributed by atoms with Crippen molar-refractivity contribution in [2.75, 3.05) is 33.3 Å². The van der Waals surface area contributed by atoms with Crippen LogP contribution < -0.4 is 5.32 Å². The van der Waals surface area contributed by atoms with Crippen LogP contribution in [0.5, 0.6) is 0 Å². The number of amides is 2. The van der Waals surface area contributed by atoms with Crippen molar-refractivity contribution in [1.82, 2.24) is 14.5 Å². The molecule has 0 radical (unpaired) electrons. The van der Waals surface area contributed by atoms with Crippen molar-refractivity contribution in [2.24, 2.45) is 0 Å². The average Bonchev–Trinajstić information content (AvgIpc) is 2.75. The first-order valence-electron chi connectivity index (χ1n) is 9.60. The van der Waals surface area contributed by atoms with Gasteiger partial charge < -0.3 is 15.0 Å². The van der Waals surface area contributed by atoms with Crippen molar-refractivity contribution in [1.29, 1.82) is 0 Å². The zero-order valence-electron chi connectivity index (χ0n) is 16.3. The second-order valence-corrected chi connectivity index (χ2v) is 9.01. The Hall–Kier alpha value is -2.46. The van der Waals surface area contributed by atoms with Crippen molar-refractivity contribution >= 4 is 27.8 Å². The van der Waals surface area contributed by atoms with Gasteiger partial charge in [-0.15, -0.1) is 0 Å². The summed E-state index contributed by atoms with van der Waals surface area (Å²) in [6.45, 7) is 1.53. The van der Waals surface area contributed by atoms with E-state index in [1.54, 1.807) is 0 Å². The molecular weight excluding hydrogens is 398 g/mol. The Morgan fingerprint density at radius 2 is 1.76 bits per heavy atom. The molecule has 0 aromatic heterocycles. The molecule has 3 rings (SSSR count). The molecule has 29 heavy (non-hydrogen) atoms. The number of rotatable bonds is 5. The maximum atomic E-state index is 12.9. The largest absolute Gasteiger partial charge is 0.469 e. The molecule has 1 aromatic carbocycles. The maximum absolute atomic E-state index is 12.9. The molecule has 1 N–H and O–H groups in total. The molecule has 0 aliphatic carbocycles. The van der Waals surface area contributed by atoms with Gasteiger partial charge in [0.1, 0.15) is 6.04 Å². The third kappa shape index (κ3) is 4.59. The van der Waals surface area contributed by atoms with Gasteiger partial charge in [0.25, 0.3) is 5.91 Å². The van der Waals surface area contributed by atoms with Crippen molar-refractivity contribution in [3.05, 3.63) is 29.8 Å². The summed E-state index contributed by atoms with van der Waals surface area (Å²) in [7, 11) is -2.37. The number of carbonyl (C=O) groups excluding carboxylic acids is 3. The van der Waals surface area contributed by atoms with Gasteiger partial charge in [-0.2, -0.15) is 4.31 Å². The number of hydrogen-bond donors (Lipinski definition) is 1. The SMILES string of the molecule is COC(=O)C[C@H]1C(=O)NCCN1C(=O)c1ccc(S(=O)(=O)N2CCCCC2)cc1. The fourth-order valence-electron chi connectivity index (χ4n) is 3.59. The highest BCUT2D eigenvalue weighted by Crippen LogP contribution is 2.22. The predicted octanol–water partition coefficient (Wildman–Crippen LogP) is 0.365. The fourth-order valence-corrected chi connectivity index (χ4v) is 5.11. The highest BCUT2D eigenvalue weighted by Gasteiger charge is 2.35. The summed E-state index contributed by atoms with van der Waals surface area (Å²) in [4.78, 5) is 38.2. The van der Waals surface area contributed by atoms with E-state index in [1.165, 1.54) is 40.6 Å². The number of nitrogens with one attached hydrogen (secondary N) is 1. The van der Waals surface area contributed by atoms with Crippen molar-refractivity contribution in [3.8, 4) is 0 Å². The summed E-state index contributed by atoms with van der Waals surface area (Å²) in [5, 5.41) is 2.64. The molecule has 9 nitrogen and oxygen atoms in total. The molecule has 0 bridgehead atoms. The summed E-state index contributed by atoms with van der Waals surface area (Å²) in [5.41, 5.74) is 0.257. The maximum Gasteiger partial charge on any atom is 0.308 e.